The van der Waals surface area contributed by atoms with Crippen molar-refractivity contribution in [2.45, 2.75) is 45.1 Å². The van der Waals surface area contributed by atoms with Crippen molar-refractivity contribution in [1.82, 2.24) is 20.0 Å². The smallest absolute Gasteiger partial charge is 0.257 e. The molecular weight excluding hydrogens is 348 g/mol. The molecule has 4 fully saturated rings. The van der Waals surface area contributed by atoms with Crippen LogP contribution in [0.5, 0.6) is 0 Å². The van der Waals surface area contributed by atoms with Crippen molar-refractivity contribution < 1.29 is 4.79 Å². The molecule has 3 aliphatic heterocycles. The fraction of sp³-hybridized carbons (Fsp3) is 0.565. The molecule has 4 aliphatic rings. The second-order valence-corrected chi connectivity index (χ2v) is 9.09. The van der Waals surface area contributed by atoms with E-state index >= 15 is 0 Å². The second kappa shape index (κ2) is 7.36. The first-order chi connectivity index (χ1) is 13.7. The van der Waals surface area contributed by atoms with E-state index in [1.165, 1.54) is 50.8 Å². The molecule has 5 heteroatoms. The standard InChI is InChI=1S/C23H30N4O/c1-16-4-2-7-19(10-16)22-21(11-24-25-22)23(28)27-14-18-8-9-20(15-27)26(13-18)12-17-5-3-6-17/h2,4,7,10-11,17-18,20H,3,5-6,8-9,12-15H2,1H3,(H,24,25)/t18-,20-/m0/s1. The number of H-pyrrole nitrogens is 1. The lowest BCUT2D eigenvalue weighted by Crippen LogP contribution is -2.47. The number of carbonyl (C=O) groups excluding carboxylic acids is 1. The number of fused-ring (bicyclic) bond motifs is 4. The molecule has 6 rings (SSSR count). The lowest BCUT2D eigenvalue weighted by molar-refractivity contribution is 0.0718. The Labute approximate surface area is 167 Å². The van der Waals surface area contributed by atoms with Crippen molar-refractivity contribution in [2.24, 2.45) is 11.8 Å². The number of piperidine rings is 1. The zero-order valence-electron chi connectivity index (χ0n) is 16.7. The second-order valence-electron chi connectivity index (χ2n) is 9.09. The van der Waals surface area contributed by atoms with Gasteiger partial charge in [0, 0.05) is 37.8 Å². The minimum atomic E-state index is 0.132. The monoisotopic (exact) mass is 378 g/mol. The topological polar surface area (TPSA) is 52.2 Å². The molecule has 0 spiro atoms. The molecule has 148 valence electrons. The molecule has 2 aromatic rings. The highest BCUT2D eigenvalue weighted by Crippen LogP contribution is 2.34. The molecule has 1 N–H and O–H groups in total. The number of amides is 1. The summed E-state index contributed by atoms with van der Waals surface area (Å²) < 4.78 is 0. The van der Waals surface area contributed by atoms with Gasteiger partial charge in [-0.2, -0.15) is 5.10 Å². The highest BCUT2D eigenvalue weighted by Gasteiger charge is 2.38. The van der Waals surface area contributed by atoms with Crippen LogP contribution in [0.2, 0.25) is 0 Å². The average molecular weight is 379 g/mol. The first-order valence-electron chi connectivity index (χ1n) is 10.8. The van der Waals surface area contributed by atoms with E-state index < -0.39 is 0 Å². The Balaban J connectivity index is 1.36. The number of aromatic nitrogens is 2. The molecule has 2 atom stereocenters. The Kier molecular flexibility index (Phi) is 4.71. The van der Waals surface area contributed by atoms with Crippen LogP contribution in [0, 0.1) is 18.8 Å². The van der Waals surface area contributed by atoms with Crippen molar-refractivity contribution >= 4 is 5.91 Å². The van der Waals surface area contributed by atoms with Crippen molar-refractivity contribution in [1.29, 1.82) is 0 Å². The van der Waals surface area contributed by atoms with Crippen LogP contribution in [0.15, 0.2) is 30.5 Å². The third kappa shape index (κ3) is 3.37. The summed E-state index contributed by atoms with van der Waals surface area (Å²) in [7, 11) is 0. The number of nitrogens with one attached hydrogen (secondary N) is 1. The van der Waals surface area contributed by atoms with Gasteiger partial charge in [0.1, 0.15) is 0 Å². The SMILES string of the molecule is Cc1cccc(-c2[nH]ncc2C(=O)N2C[C@H]3CC[C@@H](C2)N(CC2CCC2)C3)c1. The number of hydrogen-bond acceptors (Lipinski definition) is 3. The van der Waals surface area contributed by atoms with E-state index in [9.17, 15) is 4.79 Å². The van der Waals surface area contributed by atoms with Crippen LogP contribution < -0.4 is 0 Å². The summed E-state index contributed by atoms with van der Waals surface area (Å²) in [4.78, 5) is 18.3. The van der Waals surface area contributed by atoms with E-state index in [1.807, 2.05) is 12.1 Å². The molecule has 1 aliphatic carbocycles. The van der Waals surface area contributed by atoms with Crippen LogP contribution in [0.3, 0.4) is 0 Å². The number of aromatic amines is 1. The van der Waals surface area contributed by atoms with Crippen LogP contribution in [-0.4, -0.2) is 58.1 Å². The van der Waals surface area contributed by atoms with Gasteiger partial charge in [0.05, 0.1) is 17.5 Å². The summed E-state index contributed by atoms with van der Waals surface area (Å²) in [6.45, 7) is 6.23. The van der Waals surface area contributed by atoms with E-state index in [0.29, 0.717) is 17.5 Å². The maximum Gasteiger partial charge on any atom is 0.257 e. The van der Waals surface area contributed by atoms with Crippen molar-refractivity contribution in [3.8, 4) is 11.3 Å². The maximum absolute atomic E-state index is 13.5. The van der Waals surface area contributed by atoms with Gasteiger partial charge in [-0.15, -0.1) is 0 Å². The van der Waals surface area contributed by atoms with E-state index in [4.69, 9.17) is 0 Å². The summed E-state index contributed by atoms with van der Waals surface area (Å²) in [6, 6.07) is 8.78. The van der Waals surface area contributed by atoms with Crippen molar-refractivity contribution in [3.05, 3.63) is 41.6 Å². The van der Waals surface area contributed by atoms with Crippen LogP contribution in [0.1, 0.15) is 48.0 Å². The zero-order chi connectivity index (χ0) is 19.1. The van der Waals surface area contributed by atoms with Crippen LogP contribution in [0.25, 0.3) is 11.3 Å². The highest BCUT2D eigenvalue weighted by atomic mass is 16.2. The molecule has 0 unspecified atom stereocenters. The first kappa shape index (κ1) is 17.9. The average Bonchev–Trinajstić information content (AvgIpc) is 2.97. The van der Waals surface area contributed by atoms with Gasteiger partial charge in [0.25, 0.3) is 5.91 Å². The molecule has 28 heavy (non-hydrogen) atoms. The van der Waals surface area contributed by atoms with Gasteiger partial charge in [0.2, 0.25) is 0 Å². The summed E-state index contributed by atoms with van der Waals surface area (Å²) in [5.41, 5.74) is 3.77. The molecule has 4 heterocycles. The Bertz CT molecular complexity index is 856. The Morgan fingerprint density at radius 3 is 2.86 bits per heavy atom. The van der Waals surface area contributed by atoms with Gasteiger partial charge in [-0.3, -0.25) is 14.8 Å². The van der Waals surface area contributed by atoms with E-state index in [2.05, 4.69) is 39.1 Å². The van der Waals surface area contributed by atoms with Crippen molar-refractivity contribution in [3.63, 3.8) is 0 Å². The molecule has 1 saturated carbocycles. The Hall–Kier alpha value is -2.14. The minimum Gasteiger partial charge on any atom is -0.337 e. The van der Waals surface area contributed by atoms with E-state index in [1.54, 1.807) is 6.20 Å². The largest absolute Gasteiger partial charge is 0.337 e. The van der Waals surface area contributed by atoms with E-state index in [0.717, 1.165) is 30.3 Å². The predicted octanol–water partition coefficient (Wildman–Crippen LogP) is 3.72. The number of nitrogens with zero attached hydrogens (tertiary/aromatic N) is 3. The van der Waals surface area contributed by atoms with Crippen LogP contribution >= 0.6 is 0 Å². The van der Waals surface area contributed by atoms with Gasteiger partial charge in [0.15, 0.2) is 0 Å². The summed E-state index contributed by atoms with van der Waals surface area (Å²) >= 11 is 0. The molecule has 3 saturated heterocycles. The predicted molar refractivity (Wildman–Crippen MR) is 110 cm³/mol. The summed E-state index contributed by atoms with van der Waals surface area (Å²) in [5.74, 6) is 1.63. The quantitative estimate of drug-likeness (QED) is 0.882. The Morgan fingerprint density at radius 1 is 1.18 bits per heavy atom. The fourth-order valence-electron chi connectivity index (χ4n) is 5.21. The summed E-state index contributed by atoms with van der Waals surface area (Å²) in [5, 5.41) is 7.28. The fourth-order valence-corrected chi connectivity index (χ4v) is 5.21. The normalized spacial score (nSPS) is 25.5. The number of benzene rings is 1. The van der Waals surface area contributed by atoms with Gasteiger partial charge in [-0.1, -0.05) is 30.2 Å². The molecule has 1 aromatic carbocycles. The lowest BCUT2D eigenvalue weighted by atomic mass is 9.83. The molecule has 1 amide bonds. The zero-order valence-corrected chi connectivity index (χ0v) is 16.7. The maximum atomic E-state index is 13.5. The third-order valence-corrected chi connectivity index (χ3v) is 7.01. The highest BCUT2D eigenvalue weighted by molar-refractivity contribution is 5.99. The van der Waals surface area contributed by atoms with Gasteiger partial charge >= 0.3 is 0 Å². The lowest BCUT2D eigenvalue weighted by Gasteiger charge is -2.40. The minimum absolute atomic E-state index is 0.132. The van der Waals surface area contributed by atoms with Crippen molar-refractivity contribution in [2.75, 3.05) is 26.2 Å². The molecule has 1 aromatic heterocycles. The first-order valence-corrected chi connectivity index (χ1v) is 10.8. The molecule has 2 bridgehead atoms. The Morgan fingerprint density at radius 2 is 2.07 bits per heavy atom. The van der Waals surface area contributed by atoms with Crippen LogP contribution in [0.4, 0.5) is 0 Å². The molecule has 5 nitrogen and oxygen atoms in total. The molecule has 0 radical (unpaired) electrons. The third-order valence-electron chi connectivity index (χ3n) is 7.01. The van der Waals surface area contributed by atoms with Gasteiger partial charge < -0.3 is 4.90 Å². The number of hydrogen-bond donors (Lipinski definition) is 1. The number of aryl methyl sites for hydroxylation is 1. The molecular formula is C23H30N4O. The van der Waals surface area contributed by atoms with Crippen LogP contribution in [-0.2, 0) is 0 Å². The number of rotatable bonds is 4. The van der Waals surface area contributed by atoms with E-state index in [-0.39, 0.29) is 5.91 Å². The van der Waals surface area contributed by atoms with Gasteiger partial charge in [-0.25, -0.2) is 0 Å². The summed E-state index contributed by atoms with van der Waals surface area (Å²) in [6.07, 6.45) is 8.39. The van der Waals surface area contributed by atoms with Gasteiger partial charge in [-0.05, 0) is 50.5 Å². The number of carbonyl (C=O) groups is 1.